The van der Waals surface area contributed by atoms with E-state index in [1.165, 1.54) is 0 Å². The minimum absolute atomic E-state index is 0.290. The van der Waals surface area contributed by atoms with Crippen LogP contribution in [0.3, 0.4) is 0 Å². The van der Waals surface area contributed by atoms with Gasteiger partial charge in [0.25, 0.3) is 0 Å². The molecular formula is C7H11Cl. The first-order chi connectivity index (χ1) is 3.62. The highest BCUT2D eigenvalue weighted by Gasteiger charge is 2.11. The number of allylic oxidation sites excluding steroid dienone is 2. The third-order valence-electron chi connectivity index (χ3n) is 0.969. The Hall–Kier alpha value is -0.230. The van der Waals surface area contributed by atoms with Gasteiger partial charge < -0.3 is 0 Å². The van der Waals surface area contributed by atoms with E-state index in [-0.39, 0.29) is 4.87 Å². The zero-order chi connectivity index (χ0) is 6.62. The summed E-state index contributed by atoms with van der Waals surface area (Å²) in [4.78, 5) is -0.290. The van der Waals surface area contributed by atoms with Crippen molar-refractivity contribution in [1.82, 2.24) is 0 Å². The van der Waals surface area contributed by atoms with Crippen molar-refractivity contribution in [3.05, 3.63) is 25.3 Å². The van der Waals surface area contributed by atoms with E-state index in [1.54, 1.807) is 12.2 Å². The molecule has 0 nitrogen and oxygen atoms in total. The number of hydrogen-bond donors (Lipinski definition) is 0. The summed E-state index contributed by atoms with van der Waals surface area (Å²) < 4.78 is 0. The van der Waals surface area contributed by atoms with Gasteiger partial charge in [-0.05, 0) is 13.3 Å². The van der Waals surface area contributed by atoms with Crippen LogP contribution in [-0.4, -0.2) is 4.87 Å². The van der Waals surface area contributed by atoms with Crippen molar-refractivity contribution in [1.29, 1.82) is 0 Å². The molecule has 1 atom stereocenters. The molecule has 0 N–H and O–H groups in total. The second kappa shape index (κ2) is 2.93. The number of halogens is 1. The molecule has 0 bridgehead atoms. The maximum absolute atomic E-state index is 5.83. The van der Waals surface area contributed by atoms with Crippen LogP contribution in [-0.2, 0) is 0 Å². The predicted octanol–water partition coefficient (Wildman–Crippen LogP) is 2.75. The monoisotopic (exact) mass is 130 g/mol. The molecule has 0 amide bonds. The summed E-state index contributed by atoms with van der Waals surface area (Å²) in [5, 5.41) is 0. The highest BCUT2D eigenvalue weighted by molar-refractivity contribution is 6.25. The topological polar surface area (TPSA) is 0 Å². The van der Waals surface area contributed by atoms with Crippen LogP contribution < -0.4 is 0 Å². The lowest BCUT2D eigenvalue weighted by Gasteiger charge is -2.12. The van der Waals surface area contributed by atoms with Gasteiger partial charge >= 0.3 is 0 Å². The summed E-state index contributed by atoms with van der Waals surface area (Å²) in [6, 6.07) is 0. The Balaban J connectivity index is 3.70. The smallest absolute Gasteiger partial charge is 0.0629 e. The highest BCUT2D eigenvalue weighted by Crippen LogP contribution is 2.19. The normalized spacial score (nSPS) is 16.8. The van der Waals surface area contributed by atoms with Crippen molar-refractivity contribution >= 4 is 11.6 Å². The van der Waals surface area contributed by atoms with Crippen LogP contribution in [0.2, 0.25) is 0 Å². The van der Waals surface area contributed by atoms with Crippen LogP contribution in [0.4, 0.5) is 0 Å². The molecular weight excluding hydrogens is 120 g/mol. The molecule has 46 valence electrons. The van der Waals surface area contributed by atoms with E-state index in [9.17, 15) is 0 Å². The molecule has 0 aliphatic heterocycles. The molecule has 0 aliphatic carbocycles. The van der Waals surface area contributed by atoms with Crippen LogP contribution in [0.1, 0.15) is 13.3 Å². The fourth-order valence-electron chi connectivity index (χ4n) is 0.366. The van der Waals surface area contributed by atoms with Gasteiger partial charge in [0.05, 0.1) is 4.87 Å². The van der Waals surface area contributed by atoms with Crippen molar-refractivity contribution in [2.45, 2.75) is 18.2 Å². The van der Waals surface area contributed by atoms with Crippen molar-refractivity contribution in [2.75, 3.05) is 0 Å². The van der Waals surface area contributed by atoms with E-state index in [4.69, 9.17) is 11.6 Å². The third kappa shape index (κ3) is 2.86. The number of hydrogen-bond acceptors (Lipinski definition) is 0. The molecule has 0 radical (unpaired) electrons. The van der Waals surface area contributed by atoms with E-state index in [2.05, 4.69) is 13.2 Å². The van der Waals surface area contributed by atoms with Gasteiger partial charge in [-0.3, -0.25) is 0 Å². The highest BCUT2D eigenvalue weighted by atomic mass is 35.5. The average Bonchev–Trinajstić information content (AvgIpc) is 1.67. The van der Waals surface area contributed by atoms with Crippen LogP contribution in [0.5, 0.6) is 0 Å². The molecule has 0 heterocycles. The lowest BCUT2D eigenvalue weighted by atomic mass is 10.1. The Labute approximate surface area is 55.9 Å². The second-order valence-electron chi connectivity index (χ2n) is 1.97. The largest absolute Gasteiger partial charge is 0.115 e. The van der Waals surface area contributed by atoms with Crippen LogP contribution in [0, 0.1) is 0 Å². The Kier molecular flexibility index (Phi) is 2.85. The number of rotatable bonds is 3. The van der Waals surface area contributed by atoms with Crippen molar-refractivity contribution in [3.8, 4) is 0 Å². The lowest BCUT2D eigenvalue weighted by Crippen LogP contribution is -2.08. The number of alkyl halides is 1. The van der Waals surface area contributed by atoms with Gasteiger partial charge in [-0.15, -0.1) is 24.8 Å². The van der Waals surface area contributed by atoms with Crippen LogP contribution in [0.15, 0.2) is 25.3 Å². The fourth-order valence-corrected chi connectivity index (χ4v) is 0.475. The summed E-state index contributed by atoms with van der Waals surface area (Å²) in [6.45, 7) is 9.04. The van der Waals surface area contributed by atoms with Gasteiger partial charge in [0.15, 0.2) is 0 Å². The van der Waals surface area contributed by atoms with E-state index >= 15 is 0 Å². The Bertz CT molecular complexity index is 92.6. The maximum atomic E-state index is 5.83. The van der Waals surface area contributed by atoms with Crippen molar-refractivity contribution in [3.63, 3.8) is 0 Å². The quantitative estimate of drug-likeness (QED) is 0.407. The van der Waals surface area contributed by atoms with Gasteiger partial charge in [-0.1, -0.05) is 12.2 Å². The molecule has 0 spiro atoms. The first kappa shape index (κ1) is 7.77. The van der Waals surface area contributed by atoms with Crippen molar-refractivity contribution < 1.29 is 0 Å². The molecule has 0 aromatic carbocycles. The summed E-state index contributed by atoms with van der Waals surface area (Å²) in [7, 11) is 0. The molecule has 0 fully saturated rings. The molecule has 0 aromatic heterocycles. The van der Waals surface area contributed by atoms with E-state index in [1.807, 2.05) is 6.92 Å². The molecule has 0 rings (SSSR count). The minimum atomic E-state index is -0.290. The fraction of sp³-hybridized carbons (Fsp3) is 0.429. The average molecular weight is 131 g/mol. The first-order valence-electron chi connectivity index (χ1n) is 2.56. The summed E-state index contributed by atoms with van der Waals surface area (Å²) in [6.07, 6.45) is 4.28. The SMILES string of the molecule is C=CCC(C)(Cl)C=C. The van der Waals surface area contributed by atoms with E-state index < -0.39 is 0 Å². The molecule has 0 saturated heterocycles. The van der Waals surface area contributed by atoms with E-state index in [0.717, 1.165) is 6.42 Å². The summed E-state index contributed by atoms with van der Waals surface area (Å²) >= 11 is 5.83. The summed E-state index contributed by atoms with van der Waals surface area (Å²) in [5.74, 6) is 0. The Morgan fingerprint density at radius 2 is 2.12 bits per heavy atom. The minimum Gasteiger partial charge on any atom is -0.115 e. The van der Waals surface area contributed by atoms with E-state index in [0.29, 0.717) is 0 Å². The van der Waals surface area contributed by atoms with Gasteiger partial charge in [-0.2, -0.15) is 0 Å². The van der Waals surface area contributed by atoms with Gasteiger partial charge in [0.1, 0.15) is 0 Å². The molecule has 0 aromatic rings. The molecule has 1 unspecified atom stereocenters. The van der Waals surface area contributed by atoms with Gasteiger partial charge in [-0.25, -0.2) is 0 Å². The molecule has 1 heteroatoms. The third-order valence-corrected chi connectivity index (χ3v) is 1.28. The predicted molar refractivity (Wildman–Crippen MR) is 39.3 cm³/mol. The maximum Gasteiger partial charge on any atom is 0.0629 e. The van der Waals surface area contributed by atoms with Gasteiger partial charge in [0.2, 0.25) is 0 Å². The van der Waals surface area contributed by atoms with Crippen LogP contribution >= 0.6 is 11.6 Å². The Morgan fingerprint density at radius 1 is 1.62 bits per heavy atom. The zero-order valence-electron chi connectivity index (χ0n) is 5.15. The zero-order valence-corrected chi connectivity index (χ0v) is 5.91. The lowest BCUT2D eigenvalue weighted by molar-refractivity contribution is 0.795. The molecule has 0 saturated carbocycles. The standard InChI is InChI=1S/C7H11Cl/c1-4-6-7(3,8)5-2/h4-5H,1-2,6H2,3H3. The molecule has 0 aliphatic rings. The van der Waals surface area contributed by atoms with Crippen molar-refractivity contribution in [2.24, 2.45) is 0 Å². The van der Waals surface area contributed by atoms with Gasteiger partial charge in [0, 0.05) is 0 Å². The Morgan fingerprint density at radius 3 is 2.25 bits per heavy atom. The van der Waals surface area contributed by atoms with Crippen LogP contribution in [0.25, 0.3) is 0 Å². The second-order valence-corrected chi connectivity index (χ2v) is 2.84. The molecule has 8 heavy (non-hydrogen) atoms. The first-order valence-corrected chi connectivity index (χ1v) is 2.93. The summed E-state index contributed by atoms with van der Waals surface area (Å²) in [5.41, 5.74) is 0.